The normalized spacial score (nSPS) is 18.4. The van der Waals surface area contributed by atoms with Gasteiger partial charge in [0.1, 0.15) is 17.3 Å². The molecule has 3 nitrogen and oxygen atoms in total. The zero-order chi connectivity index (χ0) is 19.9. The Labute approximate surface area is 165 Å². The molecule has 1 saturated carbocycles. The fourth-order valence-electron chi connectivity index (χ4n) is 4.31. The smallest absolute Gasteiger partial charge is 0.193 e. The number of carbonyl (C=O) groups is 1. The highest BCUT2D eigenvalue weighted by Gasteiger charge is 2.43. The molecule has 1 saturated heterocycles. The van der Waals surface area contributed by atoms with Crippen LogP contribution in [0.15, 0.2) is 42.5 Å². The first-order valence-corrected chi connectivity index (χ1v) is 9.96. The van der Waals surface area contributed by atoms with Gasteiger partial charge in [0.2, 0.25) is 0 Å². The number of ketones is 1. The summed E-state index contributed by atoms with van der Waals surface area (Å²) in [7, 11) is 0. The molecule has 0 N–H and O–H groups in total. The molecular weight excluding hydrogens is 358 g/mol. The Morgan fingerprint density at radius 1 is 0.929 bits per heavy atom. The van der Waals surface area contributed by atoms with Crippen LogP contribution >= 0.6 is 0 Å². The van der Waals surface area contributed by atoms with E-state index in [1.165, 1.54) is 12.8 Å². The van der Waals surface area contributed by atoms with E-state index in [-0.39, 0.29) is 22.6 Å². The maximum absolute atomic E-state index is 14.8. The number of halogens is 2. The molecule has 5 heteroatoms. The lowest BCUT2D eigenvalue weighted by Gasteiger charge is -2.45. The number of anilines is 1. The molecule has 4 rings (SSSR count). The largest absolute Gasteiger partial charge is 0.364 e. The standard InChI is InChI=1S/C23H26F2N2O/c1-23(2,18-8-9-18)27-12-10-26(11-13-27)21-19(24)14-17(15-20(21)25)22(28)16-6-4-3-5-7-16/h3-7,14-15,18H,8-13H2,1-2H3. The van der Waals surface area contributed by atoms with Crippen LogP contribution in [0.3, 0.4) is 0 Å². The van der Waals surface area contributed by atoms with E-state index in [0.29, 0.717) is 18.7 Å². The highest BCUT2D eigenvalue weighted by Crippen LogP contribution is 2.43. The summed E-state index contributed by atoms with van der Waals surface area (Å²) in [5.41, 5.74) is 0.590. The molecule has 1 aliphatic carbocycles. The molecule has 0 bridgehead atoms. The van der Waals surface area contributed by atoms with Gasteiger partial charge in [-0.2, -0.15) is 0 Å². The van der Waals surface area contributed by atoms with E-state index in [1.54, 1.807) is 35.2 Å². The zero-order valence-corrected chi connectivity index (χ0v) is 16.4. The monoisotopic (exact) mass is 384 g/mol. The van der Waals surface area contributed by atoms with E-state index in [2.05, 4.69) is 18.7 Å². The van der Waals surface area contributed by atoms with E-state index >= 15 is 0 Å². The molecule has 1 heterocycles. The average Bonchev–Trinajstić information content (AvgIpc) is 3.54. The van der Waals surface area contributed by atoms with E-state index in [0.717, 1.165) is 31.1 Å². The minimum absolute atomic E-state index is 0.0199. The molecule has 2 aromatic rings. The molecule has 0 amide bonds. The third kappa shape index (κ3) is 3.55. The SMILES string of the molecule is CC(C)(C1CC1)N1CCN(c2c(F)cc(C(=O)c3ccccc3)cc2F)CC1. The number of carbonyl (C=O) groups excluding carboxylic acids is 1. The Hall–Kier alpha value is -2.27. The van der Waals surface area contributed by atoms with Gasteiger partial charge >= 0.3 is 0 Å². The van der Waals surface area contributed by atoms with E-state index in [4.69, 9.17) is 0 Å². The molecule has 0 radical (unpaired) electrons. The Bertz CT molecular complexity index is 846. The number of hydrogen-bond acceptors (Lipinski definition) is 3. The summed E-state index contributed by atoms with van der Waals surface area (Å²) in [6.07, 6.45) is 2.54. The summed E-state index contributed by atoms with van der Waals surface area (Å²) in [5, 5.41) is 0. The molecule has 0 aromatic heterocycles. The summed E-state index contributed by atoms with van der Waals surface area (Å²) in [6, 6.07) is 10.9. The van der Waals surface area contributed by atoms with Gasteiger partial charge in [-0.25, -0.2) is 8.78 Å². The molecule has 0 unspecified atom stereocenters. The van der Waals surface area contributed by atoms with Crippen LogP contribution in [0.1, 0.15) is 42.6 Å². The predicted molar refractivity (Wildman–Crippen MR) is 107 cm³/mol. The topological polar surface area (TPSA) is 23.6 Å². The highest BCUT2D eigenvalue weighted by molar-refractivity contribution is 6.09. The summed E-state index contributed by atoms with van der Waals surface area (Å²) in [5.74, 6) is -0.986. The summed E-state index contributed by atoms with van der Waals surface area (Å²) in [6.45, 7) is 7.27. The van der Waals surface area contributed by atoms with Gasteiger partial charge in [-0.05, 0) is 44.7 Å². The van der Waals surface area contributed by atoms with E-state index in [9.17, 15) is 13.6 Å². The quantitative estimate of drug-likeness (QED) is 0.709. The molecule has 1 aliphatic heterocycles. The van der Waals surface area contributed by atoms with Gasteiger partial charge in [-0.15, -0.1) is 0 Å². The first-order chi connectivity index (χ1) is 13.4. The number of nitrogens with zero attached hydrogens (tertiary/aromatic N) is 2. The van der Waals surface area contributed by atoms with Crippen molar-refractivity contribution >= 4 is 11.5 Å². The predicted octanol–water partition coefficient (Wildman–Crippen LogP) is 4.51. The van der Waals surface area contributed by atoms with Crippen molar-refractivity contribution in [3.8, 4) is 0 Å². The fraction of sp³-hybridized carbons (Fsp3) is 0.435. The Morgan fingerprint density at radius 2 is 1.50 bits per heavy atom. The maximum Gasteiger partial charge on any atom is 0.193 e. The van der Waals surface area contributed by atoms with Crippen LogP contribution in [-0.2, 0) is 0 Å². The van der Waals surface area contributed by atoms with Gasteiger partial charge in [0.25, 0.3) is 0 Å². The van der Waals surface area contributed by atoms with Crippen LogP contribution < -0.4 is 4.90 Å². The van der Waals surface area contributed by atoms with Gasteiger partial charge in [-0.3, -0.25) is 9.69 Å². The lowest BCUT2D eigenvalue weighted by atomic mass is 9.95. The summed E-state index contributed by atoms with van der Waals surface area (Å²) >= 11 is 0. The fourth-order valence-corrected chi connectivity index (χ4v) is 4.31. The van der Waals surface area contributed by atoms with Crippen LogP contribution in [0, 0.1) is 17.6 Å². The Morgan fingerprint density at radius 3 is 2.04 bits per heavy atom. The summed E-state index contributed by atoms with van der Waals surface area (Å²) in [4.78, 5) is 16.7. The third-order valence-electron chi connectivity index (χ3n) is 6.30. The number of benzene rings is 2. The first-order valence-electron chi connectivity index (χ1n) is 9.96. The molecule has 2 aromatic carbocycles. The van der Waals surface area contributed by atoms with E-state index < -0.39 is 11.6 Å². The minimum Gasteiger partial charge on any atom is -0.364 e. The molecule has 0 spiro atoms. The lowest BCUT2D eigenvalue weighted by molar-refractivity contribution is 0.0916. The van der Waals surface area contributed by atoms with Crippen LogP contribution in [0.2, 0.25) is 0 Å². The number of piperazine rings is 1. The second-order valence-corrected chi connectivity index (χ2v) is 8.39. The van der Waals surface area contributed by atoms with Gasteiger partial charge in [-0.1, -0.05) is 30.3 Å². The van der Waals surface area contributed by atoms with Crippen molar-refractivity contribution in [1.82, 2.24) is 4.90 Å². The molecule has 2 fully saturated rings. The maximum atomic E-state index is 14.8. The van der Waals surface area contributed by atoms with Crippen molar-refractivity contribution in [2.45, 2.75) is 32.2 Å². The van der Waals surface area contributed by atoms with Crippen molar-refractivity contribution in [2.24, 2.45) is 5.92 Å². The van der Waals surface area contributed by atoms with Crippen molar-refractivity contribution in [2.75, 3.05) is 31.1 Å². The van der Waals surface area contributed by atoms with Crippen LogP contribution in [0.4, 0.5) is 14.5 Å². The lowest BCUT2D eigenvalue weighted by Crippen LogP contribution is -2.56. The van der Waals surface area contributed by atoms with Crippen molar-refractivity contribution in [1.29, 1.82) is 0 Å². The van der Waals surface area contributed by atoms with Crippen molar-refractivity contribution in [3.63, 3.8) is 0 Å². The van der Waals surface area contributed by atoms with Gasteiger partial charge in [0, 0.05) is 42.8 Å². The number of rotatable bonds is 5. The van der Waals surface area contributed by atoms with Crippen molar-refractivity contribution < 1.29 is 13.6 Å². The van der Waals surface area contributed by atoms with Crippen molar-refractivity contribution in [3.05, 3.63) is 65.2 Å². The van der Waals surface area contributed by atoms with Gasteiger partial charge in [0.15, 0.2) is 5.78 Å². The van der Waals surface area contributed by atoms with E-state index in [1.807, 2.05) is 0 Å². The zero-order valence-electron chi connectivity index (χ0n) is 16.4. The second-order valence-electron chi connectivity index (χ2n) is 8.39. The average molecular weight is 384 g/mol. The van der Waals surface area contributed by atoms with Crippen LogP contribution in [0.25, 0.3) is 0 Å². The minimum atomic E-state index is -0.672. The molecule has 28 heavy (non-hydrogen) atoms. The second kappa shape index (κ2) is 7.28. The first kappa shape index (κ1) is 19.1. The highest BCUT2D eigenvalue weighted by atomic mass is 19.1. The van der Waals surface area contributed by atoms with Gasteiger partial charge in [0.05, 0.1) is 0 Å². The third-order valence-corrected chi connectivity index (χ3v) is 6.30. The number of hydrogen-bond donors (Lipinski definition) is 0. The van der Waals surface area contributed by atoms with Gasteiger partial charge < -0.3 is 4.90 Å². The molecule has 148 valence electrons. The summed E-state index contributed by atoms with van der Waals surface area (Å²) < 4.78 is 29.6. The Balaban J connectivity index is 1.51. The Kier molecular flexibility index (Phi) is 4.96. The molecular formula is C23H26F2N2O. The van der Waals surface area contributed by atoms with Crippen LogP contribution in [-0.4, -0.2) is 42.4 Å². The van der Waals surface area contributed by atoms with Crippen LogP contribution in [0.5, 0.6) is 0 Å². The molecule has 0 atom stereocenters. The molecule has 2 aliphatic rings.